The highest BCUT2D eigenvalue weighted by atomic mass is 16.2. The van der Waals surface area contributed by atoms with Gasteiger partial charge in [0.2, 0.25) is 5.91 Å². The number of hydrogen-bond acceptors (Lipinski definition) is 4. The number of aromatic nitrogens is 4. The van der Waals surface area contributed by atoms with Crippen LogP contribution in [-0.2, 0) is 18.4 Å². The van der Waals surface area contributed by atoms with Crippen molar-refractivity contribution >= 4 is 11.4 Å². The summed E-state index contributed by atoms with van der Waals surface area (Å²) in [6.07, 6.45) is 6.08. The maximum atomic E-state index is 12.2. The van der Waals surface area contributed by atoms with Gasteiger partial charge in [-0.15, -0.1) is 0 Å². The summed E-state index contributed by atoms with van der Waals surface area (Å²) in [4.78, 5) is 14.0. The van der Waals surface area contributed by atoms with Gasteiger partial charge in [0.15, 0.2) is 0 Å². The number of likely N-dealkylation sites (tertiary alicyclic amines) is 1. The first-order valence-corrected chi connectivity index (χ1v) is 8.03. The van der Waals surface area contributed by atoms with E-state index in [1.54, 1.807) is 6.20 Å². The molecule has 24 heavy (non-hydrogen) atoms. The van der Waals surface area contributed by atoms with Crippen LogP contribution in [0.3, 0.4) is 0 Å². The second-order valence-electron chi connectivity index (χ2n) is 6.22. The molecule has 1 amide bonds. The molecule has 0 bridgehead atoms. The molecule has 0 unspecified atom stereocenters. The van der Waals surface area contributed by atoms with Crippen molar-refractivity contribution in [2.75, 3.05) is 7.05 Å². The van der Waals surface area contributed by atoms with E-state index in [1.807, 2.05) is 58.8 Å². The Morgan fingerprint density at radius 3 is 2.92 bits per heavy atom. The number of aryl methyl sites for hydroxylation is 1. The molecule has 3 aromatic heterocycles. The number of nitrogens with one attached hydrogen (secondary N) is 1. The molecule has 4 rings (SSSR count). The van der Waals surface area contributed by atoms with Crippen molar-refractivity contribution in [1.82, 2.24) is 29.6 Å². The fourth-order valence-corrected chi connectivity index (χ4v) is 3.50. The van der Waals surface area contributed by atoms with Gasteiger partial charge in [0, 0.05) is 51.1 Å². The van der Waals surface area contributed by atoms with E-state index in [0.717, 1.165) is 16.8 Å². The second-order valence-corrected chi connectivity index (χ2v) is 6.22. The molecule has 0 aliphatic carbocycles. The molecule has 3 aromatic rings. The van der Waals surface area contributed by atoms with Crippen molar-refractivity contribution in [2.24, 2.45) is 7.05 Å². The maximum absolute atomic E-state index is 12.2. The molecule has 1 fully saturated rings. The fourth-order valence-electron chi connectivity index (χ4n) is 3.50. The minimum Gasteiger partial charge on any atom is -0.336 e. The molecular formula is C17H20N6O. The van der Waals surface area contributed by atoms with E-state index in [4.69, 9.17) is 0 Å². The lowest BCUT2D eigenvalue weighted by Crippen LogP contribution is -2.35. The molecule has 4 heterocycles. The van der Waals surface area contributed by atoms with Gasteiger partial charge in [-0.1, -0.05) is 6.07 Å². The molecule has 0 radical (unpaired) electrons. The van der Waals surface area contributed by atoms with Crippen molar-refractivity contribution in [2.45, 2.75) is 25.0 Å². The fraction of sp³-hybridized carbons (Fsp3) is 0.353. The van der Waals surface area contributed by atoms with E-state index in [2.05, 4.69) is 21.6 Å². The lowest BCUT2D eigenvalue weighted by molar-refractivity contribution is -0.127. The van der Waals surface area contributed by atoms with Crippen LogP contribution in [-0.4, -0.2) is 43.3 Å². The molecule has 2 atom stereocenters. The lowest BCUT2D eigenvalue weighted by Gasteiger charge is -2.25. The minimum atomic E-state index is -0.00756. The third-order valence-corrected chi connectivity index (χ3v) is 4.81. The van der Waals surface area contributed by atoms with Crippen molar-refractivity contribution in [1.29, 1.82) is 0 Å². The van der Waals surface area contributed by atoms with Crippen LogP contribution >= 0.6 is 0 Å². The predicted molar refractivity (Wildman–Crippen MR) is 89.2 cm³/mol. The van der Waals surface area contributed by atoms with Gasteiger partial charge in [0.05, 0.1) is 23.4 Å². The third-order valence-electron chi connectivity index (χ3n) is 4.81. The number of carbonyl (C=O) groups is 1. The first-order valence-electron chi connectivity index (χ1n) is 8.03. The van der Waals surface area contributed by atoms with Crippen LogP contribution in [0.5, 0.6) is 0 Å². The number of hydrogen-bond donors (Lipinski definition) is 1. The molecule has 1 aliphatic heterocycles. The summed E-state index contributed by atoms with van der Waals surface area (Å²) in [6.45, 7) is 0.674. The highest BCUT2D eigenvalue weighted by molar-refractivity contribution is 5.80. The normalized spacial score (nSPS) is 21.1. The molecule has 7 heteroatoms. The number of amides is 1. The SMILES string of the molecule is CN1C(=O)C[C@@H](NCc2cnn3ccccc23)[C@@H]1c1ccnn1C. The van der Waals surface area contributed by atoms with E-state index in [9.17, 15) is 4.79 Å². The van der Waals surface area contributed by atoms with Crippen molar-refractivity contribution in [3.05, 3.63) is 54.1 Å². The highest BCUT2D eigenvalue weighted by Crippen LogP contribution is 2.31. The van der Waals surface area contributed by atoms with Gasteiger partial charge >= 0.3 is 0 Å². The summed E-state index contributed by atoms with van der Waals surface area (Å²) < 4.78 is 3.70. The number of nitrogens with zero attached hydrogens (tertiary/aromatic N) is 5. The average molecular weight is 324 g/mol. The van der Waals surface area contributed by atoms with Crippen LogP contribution in [0.25, 0.3) is 5.52 Å². The Morgan fingerprint density at radius 2 is 2.12 bits per heavy atom. The molecule has 7 nitrogen and oxygen atoms in total. The average Bonchev–Trinajstić information content (AvgIpc) is 3.25. The highest BCUT2D eigenvalue weighted by Gasteiger charge is 2.39. The Bertz CT molecular complexity index is 882. The minimum absolute atomic E-state index is 0.00756. The molecule has 1 aliphatic rings. The summed E-state index contributed by atoms with van der Waals surface area (Å²) in [5, 5.41) is 12.2. The topological polar surface area (TPSA) is 67.5 Å². The quantitative estimate of drug-likeness (QED) is 0.781. The number of fused-ring (bicyclic) bond motifs is 1. The molecule has 1 saturated heterocycles. The Morgan fingerprint density at radius 1 is 1.25 bits per heavy atom. The Kier molecular flexibility index (Phi) is 3.57. The zero-order chi connectivity index (χ0) is 16.7. The van der Waals surface area contributed by atoms with Crippen molar-refractivity contribution < 1.29 is 4.79 Å². The van der Waals surface area contributed by atoms with Crippen LogP contribution in [0, 0.1) is 0 Å². The van der Waals surface area contributed by atoms with Crippen LogP contribution in [0.2, 0.25) is 0 Å². The first-order chi connectivity index (χ1) is 11.6. The number of pyridine rings is 1. The second kappa shape index (κ2) is 5.76. The molecule has 124 valence electrons. The Balaban J connectivity index is 1.56. The van der Waals surface area contributed by atoms with Gasteiger partial charge < -0.3 is 10.2 Å². The first kappa shape index (κ1) is 14.9. The van der Waals surface area contributed by atoms with E-state index in [-0.39, 0.29) is 18.0 Å². The van der Waals surface area contributed by atoms with E-state index in [1.165, 1.54) is 0 Å². The smallest absolute Gasteiger partial charge is 0.224 e. The summed E-state index contributed by atoms with van der Waals surface area (Å²) >= 11 is 0. The zero-order valence-electron chi connectivity index (χ0n) is 13.8. The predicted octanol–water partition coefficient (Wildman–Crippen LogP) is 1.13. The summed E-state index contributed by atoms with van der Waals surface area (Å²) in [5.41, 5.74) is 3.25. The Hall–Kier alpha value is -2.67. The monoisotopic (exact) mass is 324 g/mol. The van der Waals surface area contributed by atoms with E-state index in [0.29, 0.717) is 13.0 Å². The van der Waals surface area contributed by atoms with Gasteiger partial charge in [-0.25, -0.2) is 4.52 Å². The largest absolute Gasteiger partial charge is 0.336 e. The van der Waals surface area contributed by atoms with Gasteiger partial charge in [-0.05, 0) is 18.2 Å². The molecule has 0 aromatic carbocycles. The van der Waals surface area contributed by atoms with Gasteiger partial charge in [0.1, 0.15) is 0 Å². The molecule has 1 N–H and O–H groups in total. The number of rotatable bonds is 4. The van der Waals surface area contributed by atoms with Gasteiger partial charge in [-0.2, -0.15) is 10.2 Å². The summed E-state index contributed by atoms with van der Waals surface area (Å²) in [7, 11) is 3.77. The van der Waals surface area contributed by atoms with Crippen LogP contribution in [0.4, 0.5) is 0 Å². The molecule has 0 saturated carbocycles. The zero-order valence-corrected chi connectivity index (χ0v) is 13.8. The van der Waals surface area contributed by atoms with Crippen molar-refractivity contribution in [3.8, 4) is 0 Å². The van der Waals surface area contributed by atoms with E-state index >= 15 is 0 Å². The lowest BCUT2D eigenvalue weighted by atomic mass is 10.1. The van der Waals surface area contributed by atoms with Crippen LogP contribution in [0.15, 0.2) is 42.9 Å². The van der Waals surface area contributed by atoms with Gasteiger partial charge in [-0.3, -0.25) is 9.48 Å². The molecular weight excluding hydrogens is 304 g/mol. The number of carbonyl (C=O) groups excluding carboxylic acids is 1. The molecule has 0 spiro atoms. The summed E-state index contributed by atoms with van der Waals surface area (Å²) in [5.74, 6) is 0.151. The van der Waals surface area contributed by atoms with Crippen LogP contribution < -0.4 is 5.32 Å². The van der Waals surface area contributed by atoms with Crippen LogP contribution in [0.1, 0.15) is 23.7 Å². The number of likely N-dealkylation sites (N-methyl/N-ethyl adjacent to an activating group) is 1. The van der Waals surface area contributed by atoms with E-state index < -0.39 is 0 Å². The summed E-state index contributed by atoms with van der Waals surface area (Å²) in [6, 6.07) is 8.04. The third kappa shape index (κ3) is 2.37. The van der Waals surface area contributed by atoms with Crippen molar-refractivity contribution in [3.63, 3.8) is 0 Å². The standard InChI is InChI=1S/C17H20N6O/c1-21-16(24)9-13(17(21)15-6-7-19-22(15)2)18-10-12-11-20-23-8-4-3-5-14(12)23/h3-8,11,13,17-18H,9-10H2,1-2H3/t13-,17-/m1/s1. The maximum Gasteiger partial charge on any atom is 0.224 e. The van der Waals surface area contributed by atoms with Gasteiger partial charge in [0.25, 0.3) is 0 Å². The Labute approximate surface area is 139 Å².